The van der Waals surface area contributed by atoms with Gasteiger partial charge in [0.2, 0.25) is 5.95 Å². The fraction of sp³-hybridized carbons (Fsp3) is 0.222. The summed E-state index contributed by atoms with van der Waals surface area (Å²) < 4.78 is 19.5. The number of nitrogens with one attached hydrogen (secondary N) is 1. The van der Waals surface area contributed by atoms with Crippen molar-refractivity contribution < 1.29 is 9.13 Å². The Kier molecular flexibility index (Phi) is 3.10. The molecule has 0 saturated heterocycles. The Hall–Kier alpha value is -1.89. The molecule has 0 aliphatic rings. The summed E-state index contributed by atoms with van der Waals surface area (Å²) >= 11 is 5.54. The number of methoxy groups -OCH3 is 1. The number of halogens is 2. The first kappa shape index (κ1) is 11.6. The van der Waals surface area contributed by atoms with Crippen molar-refractivity contribution in [1.82, 2.24) is 19.7 Å². The van der Waals surface area contributed by atoms with Gasteiger partial charge >= 0.3 is 0 Å². The molecule has 0 fully saturated rings. The van der Waals surface area contributed by atoms with Gasteiger partial charge in [0.25, 0.3) is 5.88 Å². The molecule has 0 saturated carbocycles. The molecule has 6 nitrogen and oxygen atoms in total. The number of hydrogen-bond donors (Lipinski definition) is 1. The van der Waals surface area contributed by atoms with E-state index in [-0.39, 0.29) is 11.1 Å². The maximum Gasteiger partial charge on any atom is 0.256 e. The second kappa shape index (κ2) is 4.54. The highest BCUT2D eigenvalue weighted by atomic mass is 35.5. The quantitative estimate of drug-likeness (QED) is 0.849. The third kappa shape index (κ3) is 2.44. The van der Waals surface area contributed by atoms with Gasteiger partial charge < -0.3 is 10.1 Å². The van der Waals surface area contributed by atoms with E-state index in [4.69, 9.17) is 16.3 Å². The van der Waals surface area contributed by atoms with Crippen LogP contribution in [0.5, 0.6) is 5.88 Å². The number of ether oxygens (including phenoxy) is 1. The lowest BCUT2D eigenvalue weighted by atomic mass is 10.5. The normalized spacial score (nSPS) is 10.4. The highest BCUT2D eigenvalue weighted by Crippen LogP contribution is 2.24. The van der Waals surface area contributed by atoms with Gasteiger partial charge in [-0.1, -0.05) is 11.6 Å². The predicted octanol–water partition coefficient (Wildman–Crippen LogP) is 1.75. The Labute approximate surface area is 101 Å². The molecular weight excluding hydrogens is 249 g/mol. The standard InChI is InChI=1S/C9H9ClFN5O/c1-16-4-6(8(15-16)17-2)13-9-12-3-5(11)7(10)14-9/h3-4H,1-2H3,(H,12,13,14). The monoisotopic (exact) mass is 257 g/mol. The third-order valence-electron chi connectivity index (χ3n) is 1.94. The summed E-state index contributed by atoms with van der Waals surface area (Å²) in [6.45, 7) is 0. The lowest BCUT2D eigenvalue weighted by molar-refractivity contribution is 0.393. The minimum atomic E-state index is -0.671. The maximum absolute atomic E-state index is 12.9. The van der Waals surface area contributed by atoms with E-state index >= 15 is 0 Å². The fourth-order valence-corrected chi connectivity index (χ4v) is 1.36. The van der Waals surface area contributed by atoms with Crippen LogP contribution in [0, 0.1) is 5.82 Å². The van der Waals surface area contributed by atoms with E-state index < -0.39 is 5.82 Å². The first-order chi connectivity index (χ1) is 8.10. The van der Waals surface area contributed by atoms with Gasteiger partial charge in [-0.15, -0.1) is 5.10 Å². The zero-order valence-electron chi connectivity index (χ0n) is 9.11. The number of aromatic nitrogens is 4. The minimum absolute atomic E-state index is 0.169. The highest BCUT2D eigenvalue weighted by Gasteiger charge is 2.10. The summed E-state index contributed by atoms with van der Waals surface area (Å²) in [5.74, 6) is -0.116. The highest BCUT2D eigenvalue weighted by molar-refractivity contribution is 6.29. The van der Waals surface area contributed by atoms with Crippen LogP contribution in [0.4, 0.5) is 16.0 Å². The van der Waals surface area contributed by atoms with Gasteiger partial charge in [0.05, 0.1) is 19.5 Å². The molecule has 2 aromatic rings. The number of hydrogen-bond acceptors (Lipinski definition) is 5. The summed E-state index contributed by atoms with van der Waals surface area (Å²) in [6, 6.07) is 0. The van der Waals surface area contributed by atoms with Crippen molar-refractivity contribution in [3.63, 3.8) is 0 Å². The average Bonchev–Trinajstić information content (AvgIpc) is 2.64. The van der Waals surface area contributed by atoms with Gasteiger partial charge in [0.1, 0.15) is 5.69 Å². The number of nitrogens with zero attached hydrogens (tertiary/aromatic N) is 4. The van der Waals surface area contributed by atoms with Crippen LogP contribution in [0.1, 0.15) is 0 Å². The molecular formula is C9H9ClFN5O. The first-order valence-electron chi connectivity index (χ1n) is 4.63. The lowest BCUT2D eigenvalue weighted by Crippen LogP contribution is -1.99. The van der Waals surface area contributed by atoms with E-state index in [9.17, 15) is 4.39 Å². The first-order valence-corrected chi connectivity index (χ1v) is 5.00. The van der Waals surface area contributed by atoms with Gasteiger partial charge in [0, 0.05) is 7.05 Å². The van der Waals surface area contributed by atoms with Crippen molar-refractivity contribution in [2.75, 3.05) is 12.4 Å². The molecule has 8 heteroatoms. The van der Waals surface area contributed by atoms with Crippen molar-refractivity contribution in [2.24, 2.45) is 7.05 Å². The van der Waals surface area contributed by atoms with Crippen LogP contribution in [0.25, 0.3) is 0 Å². The Morgan fingerprint density at radius 2 is 2.29 bits per heavy atom. The van der Waals surface area contributed by atoms with E-state index in [1.165, 1.54) is 7.11 Å². The van der Waals surface area contributed by atoms with Crippen molar-refractivity contribution in [2.45, 2.75) is 0 Å². The third-order valence-corrected chi connectivity index (χ3v) is 2.20. The SMILES string of the molecule is COc1nn(C)cc1Nc1ncc(F)c(Cl)n1. The second-order valence-corrected chi connectivity index (χ2v) is 3.54. The van der Waals surface area contributed by atoms with Gasteiger partial charge in [0.15, 0.2) is 11.0 Å². The van der Waals surface area contributed by atoms with Crippen LogP contribution in [-0.4, -0.2) is 26.9 Å². The molecule has 0 aliphatic carbocycles. The molecule has 0 aliphatic heterocycles. The zero-order valence-corrected chi connectivity index (χ0v) is 9.86. The van der Waals surface area contributed by atoms with Crippen LogP contribution >= 0.6 is 11.6 Å². The van der Waals surface area contributed by atoms with Gasteiger partial charge in [-0.25, -0.2) is 9.37 Å². The predicted molar refractivity (Wildman–Crippen MR) is 60.0 cm³/mol. The maximum atomic E-state index is 12.9. The van der Waals surface area contributed by atoms with E-state index in [2.05, 4.69) is 20.4 Å². The van der Waals surface area contributed by atoms with Crippen molar-refractivity contribution >= 4 is 23.2 Å². The molecule has 0 unspecified atom stereocenters. The molecule has 0 aromatic carbocycles. The van der Waals surface area contributed by atoms with Crippen molar-refractivity contribution in [3.8, 4) is 5.88 Å². The number of aryl methyl sites for hydroxylation is 1. The van der Waals surface area contributed by atoms with Crippen LogP contribution in [0.2, 0.25) is 5.15 Å². The van der Waals surface area contributed by atoms with Crippen molar-refractivity contribution in [1.29, 1.82) is 0 Å². The molecule has 2 heterocycles. The summed E-state index contributed by atoms with van der Waals surface area (Å²) in [5.41, 5.74) is 0.567. The Morgan fingerprint density at radius 1 is 1.53 bits per heavy atom. The smallest absolute Gasteiger partial charge is 0.256 e. The molecule has 0 bridgehead atoms. The fourth-order valence-electron chi connectivity index (χ4n) is 1.23. The second-order valence-electron chi connectivity index (χ2n) is 3.18. The largest absolute Gasteiger partial charge is 0.478 e. The van der Waals surface area contributed by atoms with Crippen LogP contribution < -0.4 is 10.1 Å². The van der Waals surface area contributed by atoms with Gasteiger partial charge in [-0.2, -0.15) is 4.98 Å². The zero-order chi connectivity index (χ0) is 12.4. The van der Waals surface area contributed by atoms with Gasteiger partial charge in [-0.05, 0) is 0 Å². The lowest BCUT2D eigenvalue weighted by Gasteiger charge is -2.03. The molecule has 17 heavy (non-hydrogen) atoms. The van der Waals surface area contributed by atoms with Crippen molar-refractivity contribution in [3.05, 3.63) is 23.4 Å². The van der Waals surface area contributed by atoms with Crippen LogP contribution in [0.15, 0.2) is 12.4 Å². The number of rotatable bonds is 3. The van der Waals surface area contributed by atoms with E-state index in [1.54, 1.807) is 17.9 Å². The van der Waals surface area contributed by atoms with Gasteiger partial charge in [-0.3, -0.25) is 4.68 Å². The summed E-state index contributed by atoms with van der Waals surface area (Å²) in [4.78, 5) is 7.47. The Balaban J connectivity index is 2.27. The summed E-state index contributed by atoms with van der Waals surface area (Å²) in [5, 5.41) is 6.62. The Bertz CT molecular complexity index is 544. The topological polar surface area (TPSA) is 64.9 Å². The minimum Gasteiger partial charge on any atom is -0.478 e. The molecule has 0 spiro atoms. The summed E-state index contributed by atoms with van der Waals surface area (Å²) in [6.07, 6.45) is 2.67. The molecule has 90 valence electrons. The number of anilines is 2. The van der Waals surface area contributed by atoms with E-state index in [0.29, 0.717) is 11.6 Å². The molecule has 0 amide bonds. The molecule has 2 aromatic heterocycles. The Morgan fingerprint density at radius 3 is 2.94 bits per heavy atom. The van der Waals surface area contributed by atoms with E-state index in [1.807, 2.05) is 0 Å². The summed E-state index contributed by atoms with van der Waals surface area (Å²) in [7, 11) is 3.23. The molecule has 2 rings (SSSR count). The molecule has 0 radical (unpaired) electrons. The molecule has 1 N–H and O–H groups in total. The van der Waals surface area contributed by atoms with E-state index in [0.717, 1.165) is 6.20 Å². The average molecular weight is 258 g/mol. The van der Waals surface area contributed by atoms with Crippen LogP contribution in [-0.2, 0) is 7.05 Å². The van der Waals surface area contributed by atoms with Crippen LogP contribution in [0.3, 0.4) is 0 Å². The molecule has 0 atom stereocenters.